The summed E-state index contributed by atoms with van der Waals surface area (Å²) in [5.41, 5.74) is 0. The van der Waals surface area contributed by atoms with Gasteiger partial charge in [0, 0.05) is 25.6 Å². The van der Waals surface area contributed by atoms with Crippen molar-refractivity contribution in [1.82, 2.24) is 4.90 Å². The van der Waals surface area contributed by atoms with Crippen LogP contribution in [0.5, 0.6) is 0 Å². The van der Waals surface area contributed by atoms with Gasteiger partial charge in [0.15, 0.2) is 0 Å². The van der Waals surface area contributed by atoms with Gasteiger partial charge in [0.05, 0.1) is 6.10 Å². The Kier molecular flexibility index (Phi) is 6.24. The SMILES string of the molecule is CCN(CC=CCCl)CC1CCCO1. The molecule has 14 heavy (non-hydrogen) atoms. The van der Waals surface area contributed by atoms with Crippen LogP contribution in [0, 0.1) is 0 Å². The van der Waals surface area contributed by atoms with Crippen LogP contribution in [0.4, 0.5) is 0 Å². The third-order valence-electron chi connectivity index (χ3n) is 2.55. The predicted molar refractivity (Wildman–Crippen MR) is 60.9 cm³/mol. The minimum atomic E-state index is 0.458. The molecule has 0 aromatic rings. The molecule has 1 aliphatic rings. The van der Waals surface area contributed by atoms with E-state index >= 15 is 0 Å². The zero-order chi connectivity index (χ0) is 10.2. The average Bonchev–Trinajstić information content (AvgIpc) is 2.69. The summed E-state index contributed by atoms with van der Waals surface area (Å²) in [5.74, 6) is 0.609. The van der Waals surface area contributed by atoms with Gasteiger partial charge in [-0.05, 0) is 19.4 Å². The number of alkyl halides is 1. The molecular formula is C11H20ClNO. The second-order valence-electron chi connectivity index (χ2n) is 3.61. The van der Waals surface area contributed by atoms with Crippen LogP contribution in [0.3, 0.4) is 0 Å². The Labute approximate surface area is 91.9 Å². The zero-order valence-electron chi connectivity index (χ0n) is 8.92. The van der Waals surface area contributed by atoms with E-state index in [-0.39, 0.29) is 0 Å². The summed E-state index contributed by atoms with van der Waals surface area (Å²) in [6, 6.07) is 0. The maximum atomic E-state index is 5.60. The molecule has 1 atom stereocenters. The molecular weight excluding hydrogens is 198 g/mol. The van der Waals surface area contributed by atoms with Gasteiger partial charge in [0.25, 0.3) is 0 Å². The van der Waals surface area contributed by atoms with E-state index in [9.17, 15) is 0 Å². The Morgan fingerprint density at radius 2 is 2.36 bits per heavy atom. The summed E-state index contributed by atoms with van der Waals surface area (Å²) in [5, 5.41) is 0. The number of ether oxygens (including phenoxy) is 1. The first-order chi connectivity index (χ1) is 6.86. The van der Waals surface area contributed by atoms with Crippen molar-refractivity contribution in [3.05, 3.63) is 12.2 Å². The van der Waals surface area contributed by atoms with E-state index in [0.29, 0.717) is 12.0 Å². The Hall–Kier alpha value is -0.0500. The lowest BCUT2D eigenvalue weighted by molar-refractivity contribution is 0.0785. The highest BCUT2D eigenvalue weighted by Gasteiger charge is 2.17. The molecule has 1 unspecified atom stereocenters. The maximum Gasteiger partial charge on any atom is 0.0702 e. The van der Waals surface area contributed by atoms with Crippen LogP contribution in [0.25, 0.3) is 0 Å². The van der Waals surface area contributed by atoms with Gasteiger partial charge in [-0.1, -0.05) is 19.1 Å². The van der Waals surface area contributed by atoms with Crippen molar-refractivity contribution < 1.29 is 4.74 Å². The van der Waals surface area contributed by atoms with Gasteiger partial charge < -0.3 is 4.74 Å². The number of likely N-dealkylation sites (N-methyl/N-ethyl adjacent to an activating group) is 1. The molecule has 1 aliphatic heterocycles. The second-order valence-corrected chi connectivity index (χ2v) is 3.92. The van der Waals surface area contributed by atoms with E-state index in [1.54, 1.807) is 0 Å². The van der Waals surface area contributed by atoms with Crippen molar-refractivity contribution in [1.29, 1.82) is 0 Å². The molecule has 82 valence electrons. The lowest BCUT2D eigenvalue weighted by Crippen LogP contribution is -2.32. The summed E-state index contributed by atoms with van der Waals surface area (Å²) in [7, 11) is 0. The van der Waals surface area contributed by atoms with Crippen LogP contribution in [-0.4, -0.2) is 43.1 Å². The number of rotatable bonds is 6. The van der Waals surface area contributed by atoms with Gasteiger partial charge in [0.2, 0.25) is 0 Å². The maximum absolute atomic E-state index is 5.60. The summed E-state index contributed by atoms with van der Waals surface area (Å²) in [4.78, 5) is 2.39. The van der Waals surface area contributed by atoms with E-state index in [0.717, 1.165) is 26.2 Å². The van der Waals surface area contributed by atoms with Crippen LogP contribution in [-0.2, 0) is 4.74 Å². The fourth-order valence-corrected chi connectivity index (χ4v) is 1.82. The molecule has 2 nitrogen and oxygen atoms in total. The quantitative estimate of drug-likeness (QED) is 0.500. The number of halogens is 1. The first-order valence-electron chi connectivity index (χ1n) is 5.41. The zero-order valence-corrected chi connectivity index (χ0v) is 9.67. The molecule has 1 fully saturated rings. The van der Waals surface area contributed by atoms with E-state index in [1.807, 2.05) is 6.08 Å². The number of nitrogens with zero attached hydrogens (tertiary/aromatic N) is 1. The monoisotopic (exact) mass is 217 g/mol. The van der Waals surface area contributed by atoms with E-state index < -0.39 is 0 Å². The second kappa shape index (κ2) is 7.27. The predicted octanol–water partition coefficient (Wildman–Crippen LogP) is 2.28. The van der Waals surface area contributed by atoms with Crippen molar-refractivity contribution in [3.8, 4) is 0 Å². The first-order valence-corrected chi connectivity index (χ1v) is 5.95. The normalized spacial score (nSPS) is 22.6. The van der Waals surface area contributed by atoms with E-state index in [1.165, 1.54) is 12.8 Å². The third-order valence-corrected chi connectivity index (χ3v) is 2.73. The highest BCUT2D eigenvalue weighted by molar-refractivity contribution is 6.18. The van der Waals surface area contributed by atoms with Crippen LogP contribution in [0.15, 0.2) is 12.2 Å². The van der Waals surface area contributed by atoms with Crippen LogP contribution >= 0.6 is 11.6 Å². The van der Waals surface area contributed by atoms with Crippen molar-refractivity contribution in [3.63, 3.8) is 0 Å². The smallest absolute Gasteiger partial charge is 0.0702 e. The molecule has 0 saturated carbocycles. The molecule has 3 heteroatoms. The number of hydrogen-bond donors (Lipinski definition) is 0. The molecule has 1 saturated heterocycles. The highest BCUT2D eigenvalue weighted by atomic mass is 35.5. The Morgan fingerprint density at radius 3 is 2.93 bits per heavy atom. The van der Waals surface area contributed by atoms with Gasteiger partial charge in [-0.15, -0.1) is 11.6 Å². The van der Waals surface area contributed by atoms with Crippen LogP contribution in [0.2, 0.25) is 0 Å². The van der Waals surface area contributed by atoms with Gasteiger partial charge in [-0.2, -0.15) is 0 Å². The summed E-state index contributed by atoms with van der Waals surface area (Å²) >= 11 is 5.57. The fourth-order valence-electron chi connectivity index (χ4n) is 1.70. The minimum absolute atomic E-state index is 0.458. The Morgan fingerprint density at radius 1 is 1.50 bits per heavy atom. The number of hydrogen-bond acceptors (Lipinski definition) is 2. The van der Waals surface area contributed by atoms with Crippen molar-refractivity contribution in [2.24, 2.45) is 0 Å². The van der Waals surface area contributed by atoms with Crippen LogP contribution in [0.1, 0.15) is 19.8 Å². The van der Waals surface area contributed by atoms with Gasteiger partial charge in [-0.3, -0.25) is 4.90 Å². The molecule has 0 aromatic heterocycles. The lowest BCUT2D eigenvalue weighted by atomic mass is 10.2. The van der Waals surface area contributed by atoms with Crippen molar-refractivity contribution >= 4 is 11.6 Å². The molecule has 1 heterocycles. The molecule has 0 bridgehead atoms. The topological polar surface area (TPSA) is 12.5 Å². The molecule has 0 aromatic carbocycles. The van der Waals surface area contributed by atoms with Gasteiger partial charge in [0.1, 0.15) is 0 Å². The average molecular weight is 218 g/mol. The summed E-state index contributed by atoms with van der Waals surface area (Å²) in [6.07, 6.45) is 7.03. The first kappa shape index (κ1) is 12.0. The van der Waals surface area contributed by atoms with Crippen LogP contribution < -0.4 is 0 Å². The largest absolute Gasteiger partial charge is 0.377 e. The molecule has 0 N–H and O–H groups in total. The van der Waals surface area contributed by atoms with Crippen molar-refractivity contribution in [2.45, 2.75) is 25.9 Å². The van der Waals surface area contributed by atoms with E-state index in [2.05, 4.69) is 17.9 Å². The minimum Gasteiger partial charge on any atom is -0.377 e. The fraction of sp³-hybridized carbons (Fsp3) is 0.818. The molecule has 0 radical (unpaired) electrons. The molecule has 1 rings (SSSR count). The molecule has 0 aliphatic carbocycles. The number of allylic oxidation sites excluding steroid dienone is 1. The summed E-state index contributed by atoms with van der Waals surface area (Å²) < 4.78 is 5.60. The van der Waals surface area contributed by atoms with E-state index in [4.69, 9.17) is 16.3 Å². The Bertz CT molecular complexity index is 167. The highest BCUT2D eigenvalue weighted by Crippen LogP contribution is 2.13. The standard InChI is InChI=1S/C11H20ClNO/c1-2-13(8-4-3-7-12)10-11-6-5-9-14-11/h3-4,11H,2,5-10H2,1H3. The van der Waals surface area contributed by atoms with Gasteiger partial charge in [-0.25, -0.2) is 0 Å². The molecule has 0 amide bonds. The van der Waals surface area contributed by atoms with Crippen molar-refractivity contribution in [2.75, 3.05) is 32.1 Å². The summed E-state index contributed by atoms with van der Waals surface area (Å²) in [6.45, 7) is 6.25. The Balaban J connectivity index is 2.19. The lowest BCUT2D eigenvalue weighted by Gasteiger charge is -2.21. The van der Waals surface area contributed by atoms with Gasteiger partial charge >= 0.3 is 0 Å². The molecule has 0 spiro atoms. The third kappa shape index (κ3) is 4.45.